The monoisotopic (exact) mass is 279 g/mol. The van der Waals surface area contributed by atoms with Gasteiger partial charge in [0.1, 0.15) is 0 Å². The van der Waals surface area contributed by atoms with Crippen LogP contribution in [0.3, 0.4) is 0 Å². The molecule has 0 radical (unpaired) electrons. The van der Waals surface area contributed by atoms with Crippen molar-refractivity contribution < 1.29 is 13.9 Å². The fraction of sp³-hybridized carbons (Fsp3) is 0.625. The quantitative estimate of drug-likeness (QED) is 0.898. The molecule has 2 aliphatic heterocycles. The summed E-state index contributed by atoms with van der Waals surface area (Å²) in [4.78, 5) is 0. The Morgan fingerprint density at radius 2 is 2.30 bits per heavy atom. The molecule has 0 aliphatic carbocycles. The van der Waals surface area contributed by atoms with Crippen molar-refractivity contribution in [3.05, 3.63) is 29.6 Å². The normalized spacial score (nSPS) is 29.6. The van der Waals surface area contributed by atoms with Crippen LogP contribution >= 0.6 is 0 Å². The van der Waals surface area contributed by atoms with Gasteiger partial charge in [-0.1, -0.05) is 6.07 Å². The summed E-state index contributed by atoms with van der Waals surface area (Å²) in [6, 6.07) is 5.57. The van der Waals surface area contributed by atoms with Gasteiger partial charge in [-0.05, 0) is 50.4 Å². The lowest BCUT2D eigenvalue weighted by Crippen LogP contribution is -2.40. The molecule has 0 aromatic heterocycles. The average molecular weight is 279 g/mol. The van der Waals surface area contributed by atoms with Gasteiger partial charge in [0.15, 0.2) is 11.6 Å². The van der Waals surface area contributed by atoms with Gasteiger partial charge in [0.2, 0.25) is 0 Å². The summed E-state index contributed by atoms with van der Waals surface area (Å²) in [6.07, 6.45) is 5.18. The highest BCUT2D eigenvalue weighted by molar-refractivity contribution is 5.30. The number of halogens is 1. The van der Waals surface area contributed by atoms with Crippen molar-refractivity contribution in [2.45, 2.75) is 43.9 Å². The van der Waals surface area contributed by atoms with Gasteiger partial charge in [0.05, 0.1) is 19.3 Å². The third-order valence-electron chi connectivity index (χ3n) is 4.71. The maximum absolute atomic E-state index is 13.8. The van der Waals surface area contributed by atoms with Crippen LogP contribution in [0.4, 0.5) is 4.39 Å². The summed E-state index contributed by atoms with van der Waals surface area (Å²) in [5, 5.41) is 3.39. The SMILES string of the molecule is CNC(Cc1ccc(OC)c(F)c1)C1CC2CCC1O2. The van der Waals surface area contributed by atoms with Gasteiger partial charge in [0.25, 0.3) is 0 Å². The smallest absolute Gasteiger partial charge is 0.165 e. The van der Waals surface area contributed by atoms with Crippen LogP contribution in [0.1, 0.15) is 24.8 Å². The first-order valence-corrected chi connectivity index (χ1v) is 7.36. The number of fused-ring (bicyclic) bond motifs is 2. The largest absolute Gasteiger partial charge is 0.494 e. The first-order valence-electron chi connectivity index (χ1n) is 7.36. The minimum absolute atomic E-state index is 0.288. The lowest BCUT2D eigenvalue weighted by Gasteiger charge is -2.28. The summed E-state index contributed by atoms with van der Waals surface area (Å²) in [7, 11) is 3.47. The highest BCUT2D eigenvalue weighted by Crippen LogP contribution is 2.41. The van der Waals surface area contributed by atoms with Gasteiger partial charge in [-0.2, -0.15) is 0 Å². The molecule has 0 spiro atoms. The van der Waals surface area contributed by atoms with E-state index in [0.29, 0.717) is 29.9 Å². The molecular weight excluding hydrogens is 257 g/mol. The van der Waals surface area contributed by atoms with Crippen molar-refractivity contribution >= 4 is 0 Å². The molecule has 2 aliphatic rings. The van der Waals surface area contributed by atoms with E-state index in [0.717, 1.165) is 18.4 Å². The van der Waals surface area contributed by atoms with E-state index < -0.39 is 0 Å². The van der Waals surface area contributed by atoms with E-state index in [-0.39, 0.29) is 5.82 Å². The molecule has 1 N–H and O–H groups in total. The summed E-state index contributed by atoms with van der Waals surface area (Å²) in [6.45, 7) is 0. The molecular formula is C16H22FNO2. The number of rotatable bonds is 5. The fourth-order valence-corrected chi connectivity index (χ4v) is 3.66. The van der Waals surface area contributed by atoms with Crippen molar-refractivity contribution in [1.29, 1.82) is 0 Å². The molecule has 4 heteroatoms. The number of nitrogens with one attached hydrogen (secondary N) is 1. The van der Waals surface area contributed by atoms with E-state index >= 15 is 0 Å². The van der Waals surface area contributed by atoms with Gasteiger partial charge in [0, 0.05) is 12.0 Å². The van der Waals surface area contributed by atoms with E-state index in [1.807, 2.05) is 13.1 Å². The van der Waals surface area contributed by atoms with Crippen molar-refractivity contribution in [3.8, 4) is 5.75 Å². The molecule has 0 saturated carbocycles. The van der Waals surface area contributed by atoms with Crippen molar-refractivity contribution in [1.82, 2.24) is 5.32 Å². The minimum Gasteiger partial charge on any atom is -0.494 e. The molecule has 2 fully saturated rings. The molecule has 4 unspecified atom stereocenters. The van der Waals surface area contributed by atoms with Gasteiger partial charge in [-0.15, -0.1) is 0 Å². The van der Waals surface area contributed by atoms with E-state index in [2.05, 4.69) is 5.32 Å². The molecule has 1 aromatic carbocycles. The van der Waals surface area contributed by atoms with Gasteiger partial charge in [-0.25, -0.2) is 4.39 Å². The molecule has 2 bridgehead atoms. The maximum Gasteiger partial charge on any atom is 0.165 e. The summed E-state index contributed by atoms with van der Waals surface area (Å²) < 4.78 is 24.7. The van der Waals surface area contributed by atoms with Crippen LogP contribution in [0.2, 0.25) is 0 Å². The molecule has 0 amide bonds. The Bertz CT molecular complexity index is 480. The highest BCUT2D eigenvalue weighted by Gasteiger charge is 2.43. The summed E-state index contributed by atoms with van der Waals surface area (Å²) >= 11 is 0. The van der Waals surface area contributed by atoms with Crippen molar-refractivity contribution in [2.24, 2.45) is 5.92 Å². The number of benzene rings is 1. The number of hydrogen-bond donors (Lipinski definition) is 1. The topological polar surface area (TPSA) is 30.5 Å². The second-order valence-corrected chi connectivity index (χ2v) is 5.84. The Hall–Kier alpha value is -1.13. The van der Waals surface area contributed by atoms with Gasteiger partial charge < -0.3 is 14.8 Å². The number of hydrogen-bond acceptors (Lipinski definition) is 3. The molecule has 3 nitrogen and oxygen atoms in total. The first kappa shape index (κ1) is 13.8. The number of methoxy groups -OCH3 is 1. The van der Waals surface area contributed by atoms with Crippen molar-refractivity contribution in [2.75, 3.05) is 14.2 Å². The Kier molecular flexibility index (Phi) is 3.94. The number of likely N-dealkylation sites (N-methyl/N-ethyl adjacent to an activating group) is 1. The van der Waals surface area contributed by atoms with Crippen molar-refractivity contribution in [3.63, 3.8) is 0 Å². The van der Waals surface area contributed by atoms with E-state index in [1.54, 1.807) is 12.1 Å². The van der Waals surface area contributed by atoms with Crippen LogP contribution in [-0.4, -0.2) is 32.4 Å². The number of ether oxygens (including phenoxy) is 2. The minimum atomic E-state index is -0.288. The van der Waals surface area contributed by atoms with E-state index in [9.17, 15) is 4.39 Å². The maximum atomic E-state index is 13.8. The summed E-state index contributed by atoms with van der Waals surface area (Å²) in [5.41, 5.74) is 1.01. The molecule has 2 saturated heterocycles. The van der Waals surface area contributed by atoms with Crippen LogP contribution in [0.25, 0.3) is 0 Å². The third kappa shape index (κ3) is 2.54. The molecule has 110 valence electrons. The van der Waals surface area contributed by atoms with E-state index in [4.69, 9.17) is 9.47 Å². The van der Waals surface area contributed by atoms with Crippen LogP contribution < -0.4 is 10.1 Å². The third-order valence-corrected chi connectivity index (χ3v) is 4.71. The van der Waals surface area contributed by atoms with Gasteiger partial charge >= 0.3 is 0 Å². The van der Waals surface area contributed by atoms with E-state index in [1.165, 1.54) is 20.0 Å². The van der Waals surface area contributed by atoms with Gasteiger partial charge in [-0.3, -0.25) is 0 Å². The van der Waals surface area contributed by atoms with Crippen LogP contribution in [0.5, 0.6) is 5.75 Å². The molecule has 3 rings (SSSR count). The molecule has 2 heterocycles. The second-order valence-electron chi connectivity index (χ2n) is 5.84. The lowest BCUT2D eigenvalue weighted by molar-refractivity contribution is 0.0863. The Labute approximate surface area is 119 Å². The van der Waals surface area contributed by atoms with Crippen LogP contribution in [0, 0.1) is 11.7 Å². The molecule has 4 atom stereocenters. The fourth-order valence-electron chi connectivity index (χ4n) is 3.66. The Balaban J connectivity index is 1.70. The average Bonchev–Trinajstić information content (AvgIpc) is 3.07. The van der Waals surface area contributed by atoms with Crippen LogP contribution in [-0.2, 0) is 11.2 Å². The lowest BCUT2D eigenvalue weighted by atomic mass is 9.81. The zero-order valence-electron chi connectivity index (χ0n) is 12.1. The predicted octanol–water partition coefficient (Wildman–Crippen LogP) is 2.53. The highest BCUT2D eigenvalue weighted by atomic mass is 19.1. The zero-order valence-corrected chi connectivity index (χ0v) is 12.1. The second kappa shape index (κ2) is 5.70. The summed E-state index contributed by atoms with van der Waals surface area (Å²) in [5.74, 6) is 0.561. The standard InChI is InChI=1S/C16H22FNO2/c1-18-14(12-9-11-4-6-15(12)20-11)8-10-3-5-16(19-2)13(17)7-10/h3,5,7,11-12,14-15,18H,4,6,8-9H2,1-2H3. The first-order chi connectivity index (χ1) is 9.71. The zero-order chi connectivity index (χ0) is 14.1. The molecule has 1 aromatic rings. The predicted molar refractivity (Wildman–Crippen MR) is 75.5 cm³/mol. The molecule has 20 heavy (non-hydrogen) atoms. The Morgan fingerprint density at radius 1 is 1.45 bits per heavy atom. The Morgan fingerprint density at radius 3 is 2.85 bits per heavy atom. The van der Waals surface area contributed by atoms with Crippen LogP contribution in [0.15, 0.2) is 18.2 Å².